The second-order valence-corrected chi connectivity index (χ2v) is 8.14. The number of benzene rings is 1. The molecule has 1 aromatic rings. The predicted molar refractivity (Wildman–Crippen MR) is 116 cm³/mol. The molecule has 0 atom stereocenters. The van der Waals surface area contributed by atoms with Crippen molar-refractivity contribution in [3.8, 4) is 5.75 Å². The van der Waals surface area contributed by atoms with Crippen LogP contribution in [0.4, 0.5) is 5.69 Å². The van der Waals surface area contributed by atoms with Crippen LogP contribution >= 0.6 is 0 Å². The van der Waals surface area contributed by atoms with E-state index in [0.717, 1.165) is 68.4 Å². The van der Waals surface area contributed by atoms with Gasteiger partial charge in [0.25, 0.3) is 0 Å². The molecule has 0 unspecified atom stereocenters. The first-order chi connectivity index (χ1) is 14.0. The van der Waals surface area contributed by atoms with Crippen LogP contribution in [0.3, 0.4) is 0 Å². The molecule has 156 valence electrons. The molecule has 29 heavy (non-hydrogen) atoms. The van der Waals surface area contributed by atoms with E-state index in [0.29, 0.717) is 24.5 Å². The zero-order valence-corrected chi connectivity index (χ0v) is 17.4. The Morgan fingerprint density at radius 3 is 2.76 bits per heavy atom. The summed E-state index contributed by atoms with van der Waals surface area (Å²) in [7, 11) is 2.03. The number of allylic oxidation sites excluding steroid dienone is 1. The maximum Gasteiger partial charge on any atom is 0.120 e. The van der Waals surface area contributed by atoms with Crippen LogP contribution in [0.5, 0.6) is 5.75 Å². The Morgan fingerprint density at radius 1 is 1.31 bits per heavy atom. The highest BCUT2D eigenvalue weighted by atomic mass is 16.5. The van der Waals surface area contributed by atoms with Crippen molar-refractivity contribution in [3.63, 3.8) is 0 Å². The highest BCUT2D eigenvalue weighted by Crippen LogP contribution is 2.43. The summed E-state index contributed by atoms with van der Waals surface area (Å²) in [6.07, 6.45) is 5.69. The maximum absolute atomic E-state index is 8.65. The second-order valence-electron chi connectivity index (χ2n) is 8.14. The third kappa shape index (κ3) is 4.40. The van der Waals surface area contributed by atoms with Gasteiger partial charge in [-0.3, -0.25) is 4.99 Å². The Balaban J connectivity index is 1.48. The van der Waals surface area contributed by atoms with Gasteiger partial charge in [0.1, 0.15) is 23.8 Å². The van der Waals surface area contributed by atoms with E-state index in [2.05, 4.69) is 21.7 Å². The number of nitrogens with two attached hydrogens (primary N) is 1. The minimum absolute atomic E-state index is 0.00866. The van der Waals surface area contributed by atoms with E-state index >= 15 is 0 Å². The van der Waals surface area contributed by atoms with Crippen LogP contribution in [0, 0.1) is 5.41 Å². The Hall–Kier alpha value is -2.54. The molecule has 0 bridgehead atoms. The quantitative estimate of drug-likeness (QED) is 0.546. The molecule has 1 saturated heterocycles. The molecule has 7 nitrogen and oxygen atoms in total. The lowest BCUT2D eigenvalue weighted by molar-refractivity contribution is 0.0402. The third-order valence-electron chi connectivity index (χ3n) is 6.02. The smallest absolute Gasteiger partial charge is 0.120 e. The number of nitrogens with zero attached hydrogens (tertiary/aromatic N) is 3. The number of hydrogen-bond donors (Lipinski definition) is 2. The summed E-state index contributed by atoms with van der Waals surface area (Å²) in [6, 6.07) is 5.80. The van der Waals surface area contributed by atoms with E-state index in [1.807, 2.05) is 31.3 Å². The van der Waals surface area contributed by atoms with Crippen molar-refractivity contribution in [2.24, 2.45) is 4.99 Å². The van der Waals surface area contributed by atoms with Crippen molar-refractivity contribution < 1.29 is 9.47 Å². The van der Waals surface area contributed by atoms with Crippen molar-refractivity contribution in [2.75, 3.05) is 45.8 Å². The number of anilines is 1. The average molecular weight is 398 g/mol. The van der Waals surface area contributed by atoms with Crippen molar-refractivity contribution in [1.29, 1.82) is 5.41 Å². The van der Waals surface area contributed by atoms with Crippen LogP contribution in [-0.2, 0) is 11.2 Å². The fourth-order valence-corrected chi connectivity index (χ4v) is 3.84. The predicted octanol–water partition coefficient (Wildman–Crippen LogP) is 2.67. The molecule has 1 saturated carbocycles. The number of aliphatic imine (C=N–C) groups is 1. The molecule has 3 aliphatic rings. The first kappa shape index (κ1) is 19.8. The number of morpholine rings is 1. The van der Waals surface area contributed by atoms with Crippen molar-refractivity contribution in [3.05, 3.63) is 35.7 Å². The monoisotopic (exact) mass is 397 g/mol. The van der Waals surface area contributed by atoms with E-state index in [1.54, 1.807) is 0 Å². The average Bonchev–Trinajstić information content (AvgIpc) is 3.51. The van der Waals surface area contributed by atoms with E-state index in [9.17, 15) is 0 Å². The molecule has 2 heterocycles. The number of rotatable bonds is 7. The molecule has 0 spiro atoms. The Labute approximate surface area is 172 Å². The second kappa shape index (κ2) is 8.06. The van der Waals surface area contributed by atoms with Gasteiger partial charge in [0.05, 0.1) is 24.6 Å². The number of nitrogens with one attached hydrogen (secondary N) is 1. The van der Waals surface area contributed by atoms with Gasteiger partial charge in [0, 0.05) is 38.3 Å². The van der Waals surface area contributed by atoms with Gasteiger partial charge in [0.2, 0.25) is 0 Å². The molecule has 0 radical (unpaired) electrons. The summed E-state index contributed by atoms with van der Waals surface area (Å²) in [5.74, 6) is 1.95. The van der Waals surface area contributed by atoms with Crippen LogP contribution in [0.25, 0.3) is 0 Å². The number of nitrogen functional groups attached to an aromatic ring is 1. The van der Waals surface area contributed by atoms with Crippen molar-refractivity contribution in [2.45, 2.75) is 38.2 Å². The summed E-state index contributed by atoms with van der Waals surface area (Å²) in [5.41, 5.74) is 9.03. The Kier molecular flexibility index (Phi) is 5.50. The van der Waals surface area contributed by atoms with Crippen LogP contribution in [0.15, 0.2) is 35.1 Å². The lowest BCUT2D eigenvalue weighted by Gasteiger charge is -2.37. The molecule has 2 fully saturated rings. The summed E-state index contributed by atoms with van der Waals surface area (Å²) in [4.78, 5) is 9.01. The molecule has 4 rings (SSSR count). The topological polar surface area (TPSA) is 87.2 Å². The van der Waals surface area contributed by atoms with Crippen LogP contribution in [0.2, 0.25) is 0 Å². The van der Waals surface area contributed by atoms with Gasteiger partial charge in [-0.05, 0) is 43.0 Å². The molecule has 3 N–H and O–H groups in total. The summed E-state index contributed by atoms with van der Waals surface area (Å²) < 4.78 is 11.7. The van der Waals surface area contributed by atoms with Gasteiger partial charge < -0.3 is 30.4 Å². The SMILES string of the molecule is CCC1(Oc2ccc(N)c(CC(=N)C3=NCN(C)C(N4CCOCC4)=C3)c2)CC1. The highest BCUT2D eigenvalue weighted by molar-refractivity contribution is 6.46. The normalized spacial score (nSPS) is 20.8. The largest absolute Gasteiger partial charge is 0.487 e. The Bertz CT molecular complexity index is 838. The number of hydrogen-bond acceptors (Lipinski definition) is 7. The Morgan fingerprint density at radius 2 is 2.07 bits per heavy atom. The molecule has 1 aliphatic carbocycles. The lowest BCUT2D eigenvalue weighted by atomic mass is 10.0. The van der Waals surface area contributed by atoms with Gasteiger partial charge >= 0.3 is 0 Å². The van der Waals surface area contributed by atoms with Crippen LogP contribution < -0.4 is 10.5 Å². The highest BCUT2D eigenvalue weighted by Gasteiger charge is 2.43. The molecular formula is C22H31N5O2. The van der Waals surface area contributed by atoms with Gasteiger partial charge in [-0.2, -0.15) is 0 Å². The van der Waals surface area contributed by atoms with Gasteiger partial charge in [-0.15, -0.1) is 0 Å². The van der Waals surface area contributed by atoms with Crippen LogP contribution in [-0.4, -0.2) is 66.8 Å². The van der Waals surface area contributed by atoms with E-state index in [1.165, 1.54) is 0 Å². The zero-order chi connectivity index (χ0) is 20.4. The molecule has 7 heteroatoms. The molecule has 0 amide bonds. The van der Waals surface area contributed by atoms with Crippen molar-refractivity contribution >= 4 is 17.1 Å². The van der Waals surface area contributed by atoms with Gasteiger partial charge in [-0.1, -0.05) is 6.92 Å². The van der Waals surface area contributed by atoms with Gasteiger partial charge in [-0.25, -0.2) is 0 Å². The van der Waals surface area contributed by atoms with Crippen molar-refractivity contribution in [1.82, 2.24) is 9.80 Å². The molecule has 1 aromatic carbocycles. The molecular weight excluding hydrogens is 366 g/mol. The van der Waals surface area contributed by atoms with E-state index in [4.69, 9.17) is 20.6 Å². The van der Waals surface area contributed by atoms with Crippen LogP contribution in [0.1, 0.15) is 31.7 Å². The summed E-state index contributed by atoms with van der Waals surface area (Å²) in [5, 5.41) is 8.65. The minimum atomic E-state index is 0.00866. The third-order valence-corrected chi connectivity index (χ3v) is 6.02. The first-order valence-electron chi connectivity index (χ1n) is 10.4. The van der Waals surface area contributed by atoms with Gasteiger partial charge in [0.15, 0.2) is 0 Å². The zero-order valence-electron chi connectivity index (χ0n) is 17.4. The minimum Gasteiger partial charge on any atom is -0.487 e. The summed E-state index contributed by atoms with van der Waals surface area (Å²) in [6.45, 7) is 5.91. The van der Waals surface area contributed by atoms with E-state index in [-0.39, 0.29) is 5.60 Å². The maximum atomic E-state index is 8.65. The summed E-state index contributed by atoms with van der Waals surface area (Å²) >= 11 is 0. The molecule has 2 aliphatic heterocycles. The fourth-order valence-electron chi connectivity index (χ4n) is 3.84. The number of ether oxygens (including phenoxy) is 2. The fraction of sp³-hybridized carbons (Fsp3) is 0.545. The lowest BCUT2D eigenvalue weighted by Crippen LogP contribution is -2.43. The molecule has 0 aromatic heterocycles. The standard InChI is InChI=1S/C22H31N5O2/c1-3-22(6-7-22)29-17-4-5-18(23)16(12-17)13-19(24)20-14-21(26(2)15-25-20)27-8-10-28-11-9-27/h4-5,12,14,24H,3,6-11,13,15,23H2,1-2H3. The first-order valence-corrected chi connectivity index (χ1v) is 10.4. The van der Waals surface area contributed by atoms with E-state index < -0.39 is 0 Å².